The molecular weight excluding hydrogens is 264 g/mol. The maximum atomic E-state index is 12.2. The maximum absolute atomic E-state index is 12.2. The van der Waals surface area contributed by atoms with Gasteiger partial charge in [-0.05, 0) is 13.3 Å². The molecule has 1 aromatic heterocycles. The Morgan fingerprint density at radius 1 is 1.29 bits per heavy atom. The van der Waals surface area contributed by atoms with Gasteiger partial charge in [-0.3, -0.25) is 4.79 Å². The molecule has 0 atom stereocenters. The van der Waals surface area contributed by atoms with Gasteiger partial charge in [-0.1, -0.05) is 42.0 Å². The van der Waals surface area contributed by atoms with Crippen LogP contribution in [0.5, 0.6) is 0 Å². The Kier molecular flexibility index (Phi) is 3.81. The molecule has 2 heterocycles. The van der Waals surface area contributed by atoms with Crippen molar-refractivity contribution < 1.29 is 4.79 Å². The van der Waals surface area contributed by atoms with Gasteiger partial charge in [0, 0.05) is 18.7 Å². The van der Waals surface area contributed by atoms with Crippen molar-refractivity contribution in [3.63, 3.8) is 0 Å². The van der Waals surface area contributed by atoms with Crippen LogP contribution in [0.2, 0.25) is 0 Å². The lowest BCUT2D eigenvalue weighted by atomic mass is 10.1. The quantitative estimate of drug-likeness (QED) is 0.810. The minimum absolute atomic E-state index is 0.0864. The Morgan fingerprint density at radius 2 is 2.10 bits per heavy atom. The molecule has 0 radical (unpaired) electrons. The molecule has 5 nitrogen and oxygen atoms in total. The minimum atomic E-state index is 0.0864. The summed E-state index contributed by atoms with van der Waals surface area (Å²) in [4.78, 5) is 18.4. The molecule has 3 rings (SSSR count). The van der Waals surface area contributed by atoms with Crippen molar-refractivity contribution in [1.82, 2.24) is 19.7 Å². The summed E-state index contributed by atoms with van der Waals surface area (Å²) in [5, 5.41) is 4.37. The van der Waals surface area contributed by atoms with E-state index in [9.17, 15) is 4.79 Å². The molecule has 21 heavy (non-hydrogen) atoms. The first kappa shape index (κ1) is 13.5. The van der Waals surface area contributed by atoms with E-state index in [0.29, 0.717) is 12.4 Å². The van der Waals surface area contributed by atoms with Gasteiger partial charge in [-0.25, -0.2) is 9.67 Å². The maximum Gasteiger partial charge on any atom is 0.244 e. The second-order valence-electron chi connectivity index (χ2n) is 5.27. The van der Waals surface area contributed by atoms with Crippen LogP contribution in [0, 0.1) is 0 Å². The van der Waals surface area contributed by atoms with E-state index in [1.54, 1.807) is 11.0 Å². The number of nitrogens with zero attached hydrogens (tertiary/aromatic N) is 4. The van der Waals surface area contributed by atoms with Crippen LogP contribution in [0.3, 0.4) is 0 Å². The molecule has 0 spiro atoms. The van der Waals surface area contributed by atoms with Crippen molar-refractivity contribution in [2.24, 2.45) is 0 Å². The molecule has 0 unspecified atom stereocenters. The van der Waals surface area contributed by atoms with Gasteiger partial charge in [0.2, 0.25) is 5.91 Å². The smallest absolute Gasteiger partial charge is 0.244 e. The topological polar surface area (TPSA) is 51.0 Å². The van der Waals surface area contributed by atoms with Crippen molar-refractivity contribution in [3.8, 4) is 11.4 Å². The first-order valence-corrected chi connectivity index (χ1v) is 7.10. The molecule has 2 aromatic rings. The SMILES string of the molecule is CC1=CCN(C(=O)Cn2cnc(-c3ccccc3)n2)CC1. The van der Waals surface area contributed by atoms with Crippen molar-refractivity contribution >= 4 is 5.91 Å². The average molecular weight is 282 g/mol. The zero-order valence-electron chi connectivity index (χ0n) is 12.1. The Morgan fingerprint density at radius 3 is 2.81 bits per heavy atom. The molecule has 108 valence electrons. The fourth-order valence-corrected chi connectivity index (χ4v) is 2.33. The van der Waals surface area contributed by atoms with Crippen molar-refractivity contribution in [2.75, 3.05) is 13.1 Å². The van der Waals surface area contributed by atoms with Gasteiger partial charge < -0.3 is 4.90 Å². The third-order valence-corrected chi connectivity index (χ3v) is 3.65. The van der Waals surface area contributed by atoms with E-state index in [1.807, 2.05) is 35.2 Å². The number of benzene rings is 1. The molecule has 1 amide bonds. The number of hydrogen-bond donors (Lipinski definition) is 0. The minimum Gasteiger partial charge on any atom is -0.337 e. The zero-order valence-corrected chi connectivity index (χ0v) is 12.1. The molecule has 1 aliphatic heterocycles. The van der Waals surface area contributed by atoms with Gasteiger partial charge in [-0.15, -0.1) is 0 Å². The number of carbonyl (C=O) groups is 1. The van der Waals surface area contributed by atoms with E-state index < -0.39 is 0 Å². The first-order valence-electron chi connectivity index (χ1n) is 7.10. The highest BCUT2D eigenvalue weighted by Gasteiger charge is 2.16. The van der Waals surface area contributed by atoms with Crippen molar-refractivity contribution in [2.45, 2.75) is 19.9 Å². The highest BCUT2D eigenvalue weighted by atomic mass is 16.2. The van der Waals surface area contributed by atoms with E-state index in [-0.39, 0.29) is 12.5 Å². The van der Waals surface area contributed by atoms with E-state index in [0.717, 1.165) is 18.5 Å². The van der Waals surface area contributed by atoms with Gasteiger partial charge in [-0.2, -0.15) is 5.10 Å². The van der Waals surface area contributed by atoms with Crippen LogP contribution in [0.1, 0.15) is 13.3 Å². The summed E-state index contributed by atoms with van der Waals surface area (Å²) < 4.78 is 1.61. The Labute approximate surface area is 123 Å². The van der Waals surface area contributed by atoms with Gasteiger partial charge in [0.15, 0.2) is 5.82 Å². The monoisotopic (exact) mass is 282 g/mol. The summed E-state index contributed by atoms with van der Waals surface area (Å²) in [6.07, 6.45) is 4.68. The number of amides is 1. The largest absolute Gasteiger partial charge is 0.337 e. The normalized spacial score (nSPS) is 14.9. The summed E-state index contributed by atoms with van der Waals surface area (Å²) in [5.41, 5.74) is 2.31. The van der Waals surface area contributed by atoms with Crippen LogP contribution in [0.4, 0.5) is 0 Å². The second kappa shape index (κ2) is 5.91. The molecule has 0 aliphatic carbocycles. The predicted molar refractivity (Wildman–Crippen MR) is 80.4 cm³/mol. The fraction of sp³-hybridized carbons (Fsp3) is 0.312. The zero-order chi connectivity index (χ0) is 14.7. The third-order valence-electron chi connectivity index (χ3n) is 3.65. The lowest BCUT2D eigenvalue weighted by Crippen LogP contribution is -2.37. The van der Waals surface area contributed by atoms with E-state index in [4.69, 9.17) is 0 Å². The number of carbonyl (C=O) groups excluding carboxylic acids is 1. The average Bonchev–Trinajstić information content (AvgIpc) is 2.97. The number of rotatable bonds is 3. The van der Waals surface area contributed by atoms with E-state index in [2.05, 4.69) is 23.1 Å². The predicted octanol–water partition coefficient (Wildman–Crippen LogP) is 2.12. The Hall–Kier alpha value is -2.43. The van der Waals surface area contributed by atoms with E-state index in [1.165, 1.54) is 5.57 Å². The second-order valence-corrected chi connectivity index (χ2v) is 5.27. The van der Waals surface area contributed by atoms with Gasteiger partial charge >= 0.3 is 0 Å². The van der Waals surface area contributed by atoms with Crippen LogP contribution in [-0.4, -0.2) is 38.7 Å². The number of aromatic nitrogens is 3. The van der Waals surface area contributed by atoms with Gasteiger partial charge in [0.25, 0.3) is 0 Å². The molecule has 0 saturated heterocycles. The van der Waals surface area contributed by atoms with Crippen LogP contribution >= 0.6 is 0 Å². The van der Waals surface area contributed by atoms with Crippen LogP contribution in [0.25, 0.3) is 11.4 Å². The third kappa shape index (κ3) is 3.18. The van der Waals surface area contributed by atoms with Crippen LogP contribution in [-0.2, 0) is 11.3 Å². The summed E-state index contributed by atoms with van der Waals surface area (Å²) in [6.45, 7) is 3.84. The molecule has 0 bridgehead atoms. The Balaban J connectivity index is 1.66. The number of hydrogen-bond acceptors (Lipinski definition) is 3. The van der Waals surface area contributed by atoms with Crippen LogP contribution < -0.4 is 0 Å². The molecule has 0 N–H and O–H groups in total. The van der Waals surface area contributed by atoms with Gasteiger partial charge in [0.1, 0.15) is 12.9 Å². The molecule has 0 saturated carbocycles. The van der Waals surface area contributed by atoms with E-state index >= 15 is 0 Å². The summed E-state index contributed by atoms with van der Waals surface area (Å²) in [7, 11) is 0. The summed E-state index contributed by atoms with van der Waals surface area (Å²) >= 11 is 0. The lowest BCUT2D eigenvalue weighted by Gasteiger charge is -2.25. The molecule has 1 aliphatic rings. The molecule has 0 fully saturated rings. The summed E-state index contributed by atoms with van der Waals surface area (Å²) in [5.74, 6) is 0.737. The van der Waals surface area contributed by atoms with Crippen molar-refractivity contribution in [3.05, 3.63) is 48.3 Å². The standard InChI is InChI=1S/C16H18N4O/c1-13-7-9-19(10-8-13)15(21)11-20-12-17-16(18-20)14-5-3-2-4-6-14/h2-7,12H,8-11H2,1H3. The fourth-order valence-electron chi connectivity index (χ4n) is 2.33. The molecular formula is C16H18N4O. The highest BCUT2D eigenvalue weighted by Crippen LogP contribution is 2.13. The highest BCUT2D eigenvalue weighted by molar-refractivity contribution is 5.76. The van der Waals surface area contributed by atoms with Crippen LogP contribution in [0.15, 0.2) is 48.3 Å². The lowest BCUT2D eigenvalue weighted by molar-refractivity contribution is -0.131. The van der Waals surface area contributed by atoms with Gasteiger partial charge in [0.05, 0.1) is 0 Å². The molecule has 5 heteroatoms. The summed E-state index contributed by atoms with van der Waals surface area (Å²) in [6, 6.07) is 9.77. The molecule has 1 aromatic carbocycles. The Bertz CT molecular complexity index is 660. The first-order chi connectivity index (χ1) is 10.2. The van der Waals surface area contributed by atoms with Crippen molar-refractivity contribution in [1.29, 1.82) is 0 Å².